The van der Waals surface area contributed by atoms with Crippen LogP contribution < -0.4 is 5.32 Å². The van der Waals surface area contributed by atoms with Crippen molar-refractivity contribution >= 4 is 33.0 Å². The van der Waals surface area contributed by atoms with Crippen molar-refractivity contribution < 1.29 is 13.2 Å². The summed E-state index contributed by atoms with van der Waals surface area (Å²) in [6, 6.07) is 8.64. The highest BCUT2D eigenvalue weighted by Gasteiger charge is 2.32. The number of nitrogens with one attached hydrogen (secondary N) is 1. The van der Waals surface area contributed by atoms with Crippen LogP contribution in [-0.2, 0) is 14.8 Å². The number of amides is 1. The van der Waals surface area contributed by atoms with Gasteiger partial charge in [-0.05, 0) is 42.5 Å². The normalized spacial score (nSPS) is 16.1. The number of nitrogens with zero attached hydrogens (tertiary/aromatic N) is 4. The number of aromatic nitrogens is 3. The van der Waals surface area contributed by atoms with Crippen molar-refractivity contribution in [2.24, 2.45) is 5.92 Å². The fourth-order valence-electron chi connectivity index (χ4n) is 3.20. The molecule has 0 radical (unpaired) electrons. The summed E-state index contributed by atoms with van der Waals surface area (Å²) >= 11 is 1.21. The van der Waals surface area contributed by atoms with Gasteiger partial charge in [0, 0.05) is 37.6 Å². The van der Waals surface area contributed by atoms with Gasteiger partial charge in [-0.1, -0.05) is 6.07 Å². The van der Waals surface area contributed by atoms with Gasteiger partial charge < -0.3 is 5.32 Å². The molecule has 8 nitrogen and oxygen atoms in total. The summed E-state index contributed by atoms with van der Waals surface area (Å²) in [5.74, 6) is 0.161. The first-order valence-electron chi connectivity index (χ1n) is 8.85. The van der Waals surface area contributed by atoms with Crippen LogP contribution in [-0.4, -0.2) is 46.5 Å². The monoisotopic (exact) mass is 417 g/mol. The molecule has 0 aliphatic carbocycles. The number of rotatable bonds is 5. The Morgan fingerprint density at radius 1 is 1.14 bits per heavy atom. The molecule has 1 N–H and O–H groups in total. The van der Waals surface area contributed by atoms with Crippen molar-refractivity contribution in [1.82, 2.24) is 19.1 Å². The second-order valence-electron chi connectivity index (χ2n) is 6.42. The summed E-state index contributed by atoms with van der Waals surface area (Å²) in [6.07, 6.45) is 6.00. The molecule has 1 saturated heterocycles. The molecule has 0 aromatic carbocycles. The standard InChI is InChI=1S/C18H19N5O3S2/c24-18(21-15-4-1-8-19-17(15)23-10-3-9-20-23)14-6-11-22(12-7-14)28(25,26)16-5-2-13-27-16/h1-5,8-10,13-14H,6-7,11-12H2,(H,21,24). The number of hydrogen-bond donors (Lipinski definition) is 1. The molecule has 28 heavy (non-hydrogen) atoms. The van der Waals surface area contributed by atoms with Crippen molar-refractivity contribution in [3.63, 3.8) is 0 Å². The molecule has 10 heteroatoms. The second kappa shape index (κ2) is 7.82. The molecule has 0 atom stereocenters. The highest BCUT2D eigenvalue weighted by molar-refractivity contribution is 7.91. The Kier molecular flexibility index (Phi) is 5.25. The molecule has 0 unspecified atom stereocenters. The van der Waals surface area contributed by atoms with E-state index in [1.807, 2.05) is 0 Å². The van der Waals surface area contributed by atoms with E-state index in [1.165, 1.54) is 15.6 Å². The zero-order valence-corrected chi connectivity index (χ0v) is 16.6. The van der Waals surface area contributed by atoms with Crippen LogP contribution in [0.25, 0.3) is 5.82 Å². The van der Waals surface area contributed by atoms with Crippen LogP contribution >= 0.6 is 11.3 Å². The van der Waals surface area contributed by atoms with Gasteiger partial charge in [-0.15, -0.1) is 11.3 Å². The van der Waals surface area contributed by atoms with Crippen LogP contribution in [0, 0.1) is 5.92 Å². The van der Waals surface area contributed by atoms with E-state index in [9.17, 15) is 13.2 Å². The second-order valence-corrected chi connectivity index (χ2v) is 9.54. The zero-order chi connectivity index (χ0) is 19.6. The highest BCUT2D eigenvalue weighted by Crippen LogP contribution is 2.27. The minimum absolute atomic E-state index is 0.130. The van der Waals surface area contributed by atoms with Crippen LogP contribution in [0.1, 0.15) is 12.8 Å². The number of carbonyl (C=O) groups is 1. The van der Waals surface area contributed by atoms with E-state index < -0.39 is 10.0 Å². The Morgan fingerprint density at radius 2 is 1.96 bits per heavy atom. The van der Waals surface area contributed by atoms with Crippen LogP contribution in [0.4, 0.5) is 5.69 Å². The average molecular weight is 418 g/mol. The van der Waals surface area contributed by atoms with Crippen molar-refractivity contribution in [2.75, 3.05) is 18.4 Å². The lowest BCUT2D eigenvalue weighted by Crippen LogP contribution is -2.41. The first-order chi connectivity index (χ1) is 13.6. The molecule has 4 rings (SSSR count). The maximum absolute atomic E-state index is 12.7. The molecule has 1 aliphatic rings. The first kappa shape index (κ1) is 18.8. The Bertz CT molecular complexity index is 1040. The van der Waals surface area contributed by atoms with E-state index in [0.717, 1.165) is 0 Å². The smallest absolute Gasteiger partial charge is 0.252 e. The number of anilines is 1. The van der Waals surface area contributed by atoms with E-state index in [1.54, 1.807) is 59.0 Å². The van der Waals surface area contributed by atoms with Gasteiger partial charge in [0.05, 0.1) is 5.69 Å². The lowest BCUT2D eigenvalue weighted by Gasteiger charge is -2.30. The molecule has 3 aromatic rings. The maximum Gasteiger partial charge on any atom is 0.252 e. The lowest BCUT2D eigenvalue weighted by molar-refractivity contribution is -0.120. The minimum Gasteiger partial charge on any atom is -0.323 e. The predicted octanol–water partition coefficient (Wildman–Crippen LogP) is 2.37. The van der Waals surface area contributed by atoms with Gasteiger partial charge in [0.1, 0.15) is 4.21 Å². The van der Waals surface area contributed by atoms with Gasteiger partial charge in [0.25, 0.3) is 10.0 Å². The van der Waals surface area contributed by atoms with E-state index >= 15 is 0 Å². The summed E-state index contributed by atoms with van der Waals surface area (Å²) in [6.45, 7) is 0.661. The number of sulfonamides is 1. The summed E-state index contributed by atoms with van der Waals surface area (Å²) in [7, 11) is -3.46. The van der Waals surface area contributed by atoms with Gasteiger partial charge >= 0.3 is 0 Å². The highest BCUT2D eigenvalue weighted by atomic mass is 32.2. The number of piperidine rings is 1. The van der Waals surface area contributed by atoms with E-state index in [0.29, 0.717) is 41.6 Å². The van der Waals surface area contributed by atoms with Crippen LogP contribution in [0.15, 0.2) is 58.5 Å². The Morgan fingerprint density at radius 3 is 2.64 bits per heavy atom. The average Bonchev–Trinajstić information content (AvgIpc) is 3.43. The molecule has 0 spiro atoms. The van der Waals surface area contributed by atoms with Gasteiger partial charge in [-0.3, -0.25) is 4.79 Å². The largest absolute Gasteiger partial charge is 0.323 e. The van der Waals surface area contributed by atoms with E-state index in [4.69, 9.17) is 0 Å². The molecule has 0 bridgehead atoms. The third kappa shape index (κ3) is 3.71. The third-order valence-electron chi connectivity index (χ3n) is 4.68. The summed E-state index contributed by atoms with van der Waals surface area (Å²) in [5, 5.41) is 8.83. The summed E-state index contributed by atoms with van der Waals surface area (Å²) in [4.78, 5) is 17.0. The van der Waals surface area contributed by atoms with Crippen molar-refractivity contribution in [2.45, 2.75) is 17.1 Å². The predicted molar refractivity (Wildman–Crippen MR) is 106 cm³/mol. The molecular weight excluding hydrogens is 398 g/mol. The summed E-state index contributed by atoms with van der Waals surface area (Å²) in [5.41, 5.74) is 0.574. The van der Waals surface area contributed by atoms with E-state index in [2.05, 4.69) is 15.4 Å². The topological polar surface area (TPSA) is 97.2 Å². The number of carbonyl (C=O) groups excluding carboxylic acids is 1. The molecule has 146 valence electrons. The van der Waals surface area contributed by atoms with E-state index in [-0.39, 0.29) is 11.8 Å². The van der Waals surface area contributed by atoms with Crippen LogP contribution in [0.3, 0.4) is 0 Å². The lowest BCUT2D eigenvalue weighted by atomic mass is 9.97. The fraction of sp³-hybridized carbons (Fsp3) is 0.278. The van der Waals surface area contributed by atoms with Gasteiger partial charge in [0.2, 0.25) is 5.91 Å². The number of pyridine rings is 1. The molecular formula is C18H19N5O3S2. The van der Waals surface area contributed by atoms with Gasteiger partial charge in [-0.25, -0.2) is 18.1 Å². The molecule has 4 heterocycles. The Balaban J connectivity index is 1.42. The molecule has 3 aromatic heterocycles. The van der Waals surface area contributed by atoms with Crippen molar-refractivity contribution in [1.29, 1.82) is 0 Å². The zero-order valence-electron chi connectivity index (χ0n) is 14.9. The molecule has 1 fully saturated rings. The van der Waals surface area contributed by atoms with Crippen LogP contribution in [0.5, 0.6) is 0 Å². The quantitative estimate of drug-likeness (QED) is 0.687. The molecule has 1 aliphatic heterocycles. The Labute approximate surface area is 166 Å². The Hall–Kier alpha value is -2.56. The van der Waals surface area contributed by atoms with Crippen molar-refractivity contribution in [3.05, 3.63) is 54.3 Å². The molecule has 1 amide bonds. The number of hydrogen-bond acceptors (Lipinski definition) is 6. The fourth-order valence-corrected chi connectivity index (χ4v) is 5.82. The molecule has 0 saturated carbocycles. The minimum atomic E-state index is -3.46. The maximum atomic E-state index is 12.7. The first-order valence-corrected chi connectivity index (χ1v) is 11.2. The number of thiophene rings is 1. The van der Waals surface area contributed by atoms with Gasteiger partial charge in [-0.2, -0.15) is 9.40 Å². The van der Waals surface area contributed by atoms with Crippen molar-refractivity contribution in [3.8, 4) is 5.82 Å². The summed E-state index contributed by atoms with van der Waals surface area (Å²) < 4.78 is 28.6. The van der Waals surface area contributed by atoms with Gasteiger partial charge in [0.15, 0.2) is 5.82 Å². The van der Waals surface area contributed by atoms with Crippen LogP contribution in [0.2, 0.25) is 0 Å². The third-order valence-corrected chi connectivity index (χ3v) is 7.95. The SMILES string of the molecule is O=C(Nc1cccnc1-n1cccn1)C1CCN(S(=O)(=O)c2cccs2)CC1.